The number of nitrogens with one attached hydrogen (secondary N) is 1. The first-order chi connectivity index (χ1) is 16.4. The van der Waals surface area contributed by atoms with Crippen LogP contribution >= 0.6 is 0 Å². The highest BCUT2D eigenvalue weighted by molar-refractivity contribution is 5.94. The van der Waals surface area contributed by atoms with Crippen LogP contribution in [0.1, 0.15) is 35.4 Å². The second-order valence-corrected chi connectivity index (χ2v) is 9.52. The van der Waals surface area contributed by atoms with Gasteiger partial charge in [-0.25, -0.2) is 9.18 Å². The number of amides is 2. The number of carbonyl (C=O) groups excluding carboxylic acids is 1. The van der Waals surface area contributed by atoms with Crippen molar-refractivity contribution in [1.29, 1.82) is 0 Å². The van der Waals surface area contributed by atoms with Gasteiger partial charge in [0.25, 0.3) is 0 Å². The maximum atomic E-state index is 14.3. The summed E-state index contributed by atoms with van der Waals surface area (Å²) in [5.74, 6) is 0.913. The number of piperidine rings is 1. The lowest BCUT2D eigenvalue weighted by molar-refractivity contribution is 0.0823. The van der Waals surface area contributed by atoms with E-state index in [4.69, 9.17) is 9.72 Å². The van der Waals surface area contributed by atoms with Crippen LogP contribution in [0.25, 0.3) is 0 Å². The summed E-state index contributed by atoms with van der Waals surface area (Å²) in [6.45, 7) is 5.21. The average Bonchev–Trinajstić information content (AvgIpc) is 3.47. The van der Waals surface area contributed by atoms with Crippen molar-refractivity contribution in [2.24, 2.45) is 5.10 Å². The normalized spacial score (nSPS) is 22.0. The number of rotatable bonds is 5. The Bertz CT molecular complexity index is 1110. The summed E-state index contributed by atoms with van der Waals surface area (Å²) >= 11 is 0. The van der Waals surface area contributed by atoms with E-state index in [0.29, 0.717) is 36.9 Å². The molecule has 1 aromatic carbocycles. The molecule has 1 aromatic heterocycles. The number of carbonyl (C=O) groups is 1. The highest BCUT2D eigenvalue weighted by atomic mass is 19.1. The molecule has 0 aliphatic carbocycles. The number of urea groups is 1. The first-order valence-corrected chi connectivity index (χ1v) is 11.7. The number of hydrogen-bond acceptors (Lipinski definition) is 6. The number of pyridine rings is 1. The molecule has 1 atom stereocenters. The molecular weight excluding hydrogens is 435 g/mol. The molecule has 2 amide bonds. The minimum atomic E-state index is -0.321. The highest BCUT2D eigenvalue weighted by Crippen LogP contribution is 2.40. The van der Waals surface area contributed by atoms with Crippen LogP contribution in [0.5, 0.6) is 5.88 Å². The number of methoxy groups -OCH3 is 1. The molecule has 0 bridgehead atoms. The average molecular weight is 467 g/mol. The van der Waals surface area contributed by atoms with Gasteiger partial charge in [-0.3, -0.25) is 4.90 Å². The van der Waals surface area contributed by atoms with E-state index in [1.54, 1.807) is 25.0 Å². The van der Waals surface area contributed by atoms with E-state index in [-0.39, 0.29) is 23.3 Å². The lowest BCUT2D eigenvalue weighted by Crippen LogP contribution is -2.53. The molecule has 2 aromatic rings. The van der Waals surface area contributed by atoms with E-state index in [1.165, 1.54) is 6.07 Å². The molecular formula is C25H31FN6O2. The SMILES string of the molecule is COc1nc(N2CC3(CCN(C)CC3)N(Cc3cccc(F)c3C)C2=O)ccc1C1C=NNC1. The molecule has 1 N–H and O–H groups in total. The number of halogens is 1. The van der Waals surface area contributed by atoms with E-state index < -0.39 is 0 Å². The number of ether oxygens (including phenoxy) is 1. The molecule has 9 heteroatoms. The zero-order valence-electron chi connectivity index (χ0n) is 19.9. The zero-order valence-corrected chi connectivity index (χ0v) is 19.9. The molecule has 1 spiro atoms. The minimum absolute atomic E-state index is 0.0819. The van der Waals surface area contributed by atoms with Crippen molar-refractivity contribution >= 4 is 18.1 Å². The van der Waals surface area contributed by atoms with Crippen molar-refractivity contribution in [2.45, 2.75) is 37.8 Å². The zero-order chi connectivity index (χ0) is 23.9. The number of nitrogens with zero attached hydrogens (tertiary/aromatic N) is 5. The van der Waals surface area contributed by atoms with Crippen molar-refractivity contribution in [3.8, 4) is 5.88 Å². The Morgan fingerprint density at radius 1 is 1.24 bits per heavy atom. The topological polar surface area (TPSA) is 73.3 Å². The molecule has 0 saturated carbocycles. The first kappa shape index (κ1) is 22.6. The summed E-state index contributed by atoms with van der Waals surface area (Å²) < 4.78 is 19.9. The molecule has 180 valence electrons. The summed E-state index contributed by atoms with van der Waals surface area (Å²) in [6.07, 6.45) is 3.57. The third kappa shape index (κ3) is 3.87. The molecule has 2 fully saturated rings. The van der Waals surface area contributed by atoms with Crippen molar-refractivity contribution in [1.82, 2.24) is 20.2 Å². The van der Waals surface area contributed by atoms with E-state index >= 15 is 0 Å². The van der Waals surface area contributed by atoms with E-state index in [2.05, 4.69) is 22.5 Å². The van der Waals surface area contributed by atoms with Gasteiger partial charge >= 0.3 is 6.03 Å². The Balaban J connectivity index is 1.48. The molecule has 2 saturated heterocycles. The van der Waals surface area contributed by atoms with Crippen LogP contribution in [0.15, 0.2) is 35.4 Å². The fraction of sp³-hybridized carbons (Fsp3) is 0.480. The van der Waals surface area contributed by atoms with Crippen LogP contribution in [0, 0.1) is 12.7 Å². The fourth-order valence-electron chi connectivity index (χ4n) is 5.24. The molecule has 1 unspecified atom stereocenters. The minimum Gasteiger partial charge on any atom is -0.481 e. The van der Waals surface area contributed by atoms with Gasteiger partial charge in [-0.05, 0) is 56.1 Å². The Hall–Kier alpha value is -3.20. The van der Waals surface area contributed by atoms with Crippen LogP contribution in [0.2, 0.25) is 0 Å². The lowest BCUT2D eigenvalue weighted by Gasteiger charge is -2.43. The van der Waals surface area contributed by atoms with E-state index in [1.807, 2.05) is 29.3 Å². The summed E-state index contributed by atoms with van der Waals surface area (Å²) in [4.78, 5) is 24.6. The lowest BCUT2D eigenvalue weighted by atomic mass is 9.86. The van der Waals surface area contributed by atoms with Gasteiger partial charge in [-0.15, -0.1) is 0 Å². The van der Waals surface area contributed by atoms with E-state index in [9.17, 15) is 9.18 Å². The highest BCUT2D eigenvalue weighted by Gasteiger charge is 2.51. The Morgan fingerprint density at radius 3 is 2.74 bits per heavy atom. The Kier molecular flexibility index (Phi) is 5.89. The molecule has 34 heavy (non-hydrogen) atoms. The van der Waals surface area contributed by atoms with Gasteiger partial charge in [0.1, 0.15) is 11.6 Å². The van der Waals surface area contributed by atoms with Gasteiger partial charge in [0, 0.05) is 43.9 Å². The monoisotopic (exact) mass is 466 g/mol. The van der Waals surface area contributed by atoms with Crippen LogP contribution in [0.3, 0.4) is 0 Å². The van der Waals surface area contributed by atoms with Crippen LogP contribution in [-0.2, 0) is 6.54 Å². The van der Waals surface area contributed by atoms with Crippen LogP contribution < -0.4 is 15.1 Å². The van der Waals surface area contributed by atoms with Crippen LogP contribution in [-0.4, -0.2) is 72.9 Å². The predicted molar refractivity (Wildman–Crippen MR) is 129 cm³/mol. The number of hydrogen-bond donors (Lipinski definition) is 1. The van der Waals surface area contributed by atoms with E-state index in [0.717, 1.165) is 37.1 Å². The molecule has 3 aliphatic rings. The number of hydrazone groups is 1. The summed E-state index contributed by atoms with van der Waals surface area (Å²) in [6, 6.07) is 8.85. The largest absolute Gasteiger partial charge is 0.481 e. The van der Waals surface area contributed by atoms with Crippen molar-refractivity contribution < 1.29 is 13.9 Å². The van der Waals surface area contributed by atoms with Crippen LogP contribution in [0.4, 0.5) is 15.0 Å². The summed E-state index contributed by atoms with van der Waals surface area (Å²) in [7, 11) is 3.70. The van der Waals surface area contributed by atoms with Crippen molar-refractivity contribution in [3.63, 3.8) is 0 Å². The second-order valence-electron chi connectivity index (χ2n) is 9.52. The quantitative estimate of drug-likeness (QED) is 0.733. The number of benzene rings is 1. The third-order valence-electron chi connectivity index (χ3n) is 7.51. The fourth-order valence-corrected chi connectivity index (χ4v) is 5.24. The van der Waals surface area contributed by atoms with Gasteiger partial charge in [-0.2, -0.15) is 10.1 Å². The Morgan fingerprint density at radius 2 is 2.03 bits per heavy atom. The number of likely N-dealkylation sites (tertiary alicyclic amines) is 1. The maximum Gasteiger partial charge on any atom is 0.326 e. The van der Waals surface area contributed by atoms with Gasteiger partial charge < -0.3 is 20.0 Å². The molecule has 5 rings (SSSR count). The molecule has 0 radical (unpaired) electrons. The number of anilines is 1. The molecule has 8 nitrogen and oxygen atoms in total. The van der Waals surface area contributed by atoms with Gasteiger partial charge in [0.2, 0.25) is 5.88 Å². The van der Waals surface area contributed by atoms with Gasteiger partial charge in [0.05, 0.1) is 19.2 Å². The maximum absolute atomic E-state index is 14.3. The van der Waals surface area contributed by atoms with Crippen molar-refractivity contribution in [3.05, 3.63) is 52.8 Å². The van der Waals surface area contributed by atoms with Crippen molar-refractivity contribution in [2.75, 3.05) is 45.2 Å². The smallest absolute Gasteiger partial charge is 0.326 e. The standard InChI is InChI=1S/C25H31FN6O2/c1-17-18(5-4-6-21(17)26)15-32-24(33)31(16-25(32)9-11-30(2)12-10-25)22-8-7-20(23(29-22)34-3)19-13-27-28-14-19/h4-8,13,19,28H,9-12,14-16H2,1-3H3. The second kappa shape index (κ2) is 8.87. The van der Waals surface area contributed by atoms with Gasteiger partial charge in [0.15, 0.2) is 0 Å². The molecule has 3 aliphatic heterocycles. The molecule has 4 heterocycles. The predicted octanol–water partition coefficient (Wildman–Crippen LogP) is 3.12. The summed E-state index contributed by atoms with van der Waals surface area (Å²) in [5.41, 5.74) is 5.01. The Labute approximate surface area is 199 Å². The van der Waals surface area contributed by atoms with Gasteiger partial charge in [-0.1, -0.05) is 12.1 Å². The number of aromatic nitrogens is 1. The summed E-state index contributed by atoms with van der Waals surface area (Å²) in [5, 5.41) is 4.09. The first-order valence-electron chi connectivity index (χ1n) is 11.7. The third-order valence-corrected chi connectivity index (χ3v) is 7.51.